The van der Waals surface area contributed by atoms with Crippen LogP contribution in [-0.2, 0) is 6.18 Å². The Balaban J connectivity index is 1.64. The second-order valence-corrected chi connectivity index (χ2v) is 8.17. The minimum Gasteiger partial charge on any atom is -0.377 e. The van der Waals surface area contributed by atoms with E-state index in [4.69, 9.17) is 0 Å². The number of likely N-dealkylation sites (N-methyl/N-ethyl adjacent to an activating group) is 1. The Morgan fingerprint density at radius 1 is 1.15 bits per heavy atom. The molecular formula is C22H24F3N7O2. The highest BCUT2D eigenvalue weighted by molar-refractivity contribution is 5.91. The van der Waals surface area contributed by atoms with Crippen molar-refractivity contribution in [2.24, 2.45) is 0 Å². The summed E-state index contributed by atoms with van der Waals surface area (Å²) in [6.45, 7) is 8.28. The second kappa shape index (κ2) is 9.37. The van der Waals surface area contributed by atoms with Gasteiger partial charge in [-0.1, -0.05) is 6.92 Å². The Morgan fingerprint density at radius 2 is 1.88 bits per heavy atom. The van der Waals surface area contributed by atoms with E-state index in [0.29, 0.717) is 22.7 Å². The first-order valence-corrected chi connectivity index (χ1v) is 10.9. The van der Waals surface area contributed by atoms with E-state index < -0.39 is 28.4 Å². The number of rotatable bonds is 6. The van der Waals surface area contributed by atoms with Crippen molar-refractivity contribution < 1.29 is 18.1 Å². The number of benzene rings is 1. The molecule has 1 N–H and O–H groups in total. The van der Waals surface area contributed by atoms with Crippen LogP contribution in [-0.4, -0.2) is 57.7 Å². The van der Waals surface area contributed by atoms with Gasteiger partial charge in [0.05, 0.1) is 28.6 Å². The van der Waals surface area contributed by atoms with Crippen molar-refractivity contribution in [3.63, 3.8) is 0 Å². The molecule has 34 heavy (non-hydrogen) atoms. The average molecular weight is 475 g/mol. The summed E-state index contributed by atoms with van der Waals surface area (Å²) in [5.41, 5.74) is -0.470. The molecule has 3 aromatic rings. The highest BCUT2D eigenvalue weighted by Crippen LogP contribution is 2.35. The molecule has 3 heterocycles. The van der Waals surface area contributed by atoms with Gasteiger partial charge in [0.1, 0.15) is 11.3 Å². The van der Waals surface area contributed by atoms with Crippen LogP contribution in [0.2, 0.25) is 0 Å². The quantitative estimate of drug-likeness (QED) is 0.417. The van der Waals surface area contributed by atoms with Crippen molar-refractivity contribution in [2.75, 3.05) is 42.9 Å². The van der Waals surface area contributed by atoms with E-state index in [1.54, 1.807) is 13.1 Å². The van der Waals surface area contributed by atoms with E-state index in [2.05, 4.69) is 37.2 Å². The lowest BCUT2D eigenvalue weighted by Crippen LogP contribution is -2.46. The van der Waals surface area contributed by atoms with Crippen LogP contribution in [0.15, 0.2) is 36.7 Å². The van der Waals surface area contributed by atoms with Crippen LogP contribution in [0.1, 0.15) is 31.0 Å². The molecule has 0 bridgehead atoms. The molecule has 0 radical (unpaired) electrons. The zero-order valence-electron chi connectivity index (χ0n) is 18.7. The summed E-state index contributed by atoms with van der Waals surface area (Å²) < 4.78 is 39.9. The summed E-state index contributed by atoms with van der Waals surface area (Å²) in [7, 11) is 0. The van der Waals surface area contributed by atoms with Crippen LogP contribution in [0.4, 0.5) is 30.4 Å². The third-order valence-electron chi connectivity index (χ3n) is 6.00. The molecule has 1 atom stereocenters. The minimum atomic E-state index is -4.70. The predicted octanol–water partition coefficient (Wildman–Crippen LogP) is 4.27. The lowest BCUT2D eigenvalue weighted by molar-refractivity contribution is -0.385. The van der Waals surface area contributed by atoms with Gasteiger partial charge in [-0.15, -0.1) is 5.10 Å². The SMILES string of the molecule is CCN1CCN(c2cc3c(N[C@H](C)c4cc([N+](=O)[O-])cc(C(F)(F)F)c4)cnnc3cn2)CC1. The molecule has 2 aromatic heterocycles. The molecule has 1 fully saturated rings. The normalized spacial score (nSPS) is 16.0. The van der Waals surface area contributed by atoms with Gasteiger partial charge >= 0.3 is 6.18 Å². The molecule has 1 saturated heterocycles. The molecule has 9 nitrogen and oxygen atoms in total. The number of nitro groups is 1. The van der Waals surface area contributed by atoms with Gasteiger partial charge in [0, 0.05) is 49.7 Å². The highest BCUT2D eigenvalue weighted by Gasteiger charge is 2.33. The predicted molar refractivity (Wildman–Crippen MR) is 122 cm³/mol. The van der Waals surface area contributed by atoms with Crippen LogP contribution < -0.4 is 10.2 Å². The third kappa shape index (κ3) is 5.01. The lowest BCUT2D eigenvalue weighted by atomic mass is 10.0. The Hall–Kier alpha value is -3.54. The number of halogens is 3. The van der Waals surface area contributed by atoms with Crippen LogP contribution >= 0.6 is 0 Å². The zero-order chi connectivity index (χ0) is 24.5. The number of pyridine rings is 1. The summed E-state index contributed by atoms with van der Waals surface area (Å²) in [6, 6.07) is 3.81. The van der Waals surface area contributed by atoms with E-state index in [1.807, 2.05) is 6.07 Å². The first kappa shape index (κ1) is 23.6. The fourth-order valence-corrected chi connectivity index (χ4v) is 4.00. The molecule has 4 rings (SSSR count). The first-order chi connectivity index (χ1) is 16.2. The van der Waals surface area contributed by atoms with Crippen molar-refractivity contribution in [1.29, 1.82) is 0 Å². The largest absolute Gasteiger partial charge is 0.416 e. The van der Waals surface area contributed by atoms with Gasteiger partial charge in [-0.05, 0) is 31.2 Å². The van der Waals surface area contributed by atoms with E-state index in [0.717, 1.165) is 50.7 Å². The summed E-state index contributed by atoms with van der Waals surface area (Å²) in [4.78, 5) is 19.4. The maximum Gasteiger partial charge on any atom is 0.416 e. The number of hydrogen-bond acceptors (Lipinski definition) is 8. The van der Waals surface area contributed by atoms with E-state index in [-0.39, 0.29) is 5.56 Å². The number of nitrogens with zero attached hydrogens (tertiary/aromatic N) is 6. The Labute approximate surface area is 193 Å². The topological polar surface area (TPSA) is 100 Å². The lowest BCUT2D eigenvalue weighted by Gasteiger charge is -2.34. The van der Waals surface area contributed by atoms with Crippen molar-refractivity contribution in [3.05, 3.63) is 57.9 Å². The first-order valence-electron chi connectivity index (χ1n) is 10.9. The molecule has 1 aliphatic heterocycles. The fraction of sp³-hybridized carbons (Fsp3) is 0.409. The highest BCUT2D eigenvalue weighted by atomic mass is 19.4. The standard InChI is InChI=1S/C22H24F3N7O2/c1-3-30-4-6-31(7-5-30)21-11-18-19(13-27-29-20(18)12-26-21)28-14(2)15-8-16(22(23,24)25)10-17(9-15)32(33)34/h8-14H,3-7H2,1-2H3,(H,28,29)/t14-/m1/s1. The van der Waals surface area contributed by atoms with Gasteiger partial charge in [0.25, 0.3) is 5.69 Å². The van der Waals surface area contributed by atoms with E-state index in [9.17, 15) is 23.3 Å². The van der Waals surface area contributed by atoms with Crippen molar-refractivity contribution in [3.8, 4) is 0 Å². The minimum absolute atomic E-state index is 0.136. The number of nitro benzene ring substituents is 1. The molecule has 1 aromatic carbocycles. The number of alkyl halides is 3. The monoisotopic (exact) mass is 475 g/mol. The number of hydrogen-bond donors (Lipinski definition) is 1. The van der Waals surface area contributed by atoms with Crippen LogP contribution in [0, 0.1) is 10.1 Å². The average Bonchev–Trinajstić information content (AvgIpc) is 2.83. The van der Waals surface area contributed by atoms with Crippen LogP contribution in [0.5, 0.6) is 0 Å². The molecule has 0 amide bonds. The van der Waals surface area contributed by atoms with Crippen LogP contribution in [0.25, 0.3) is 10.9 Å². The van der Waals surface area contributed by atoms with E-state index in [1.165, 1.54) is 6.20 Å². The Bertz CT molecular complexity index is 1200. The molecule has 0 aliphatic carbocycles. The second-order valence-electron chi connectivity index (χ2n) is 8.17. The van der Waals surface area contributed by atoms with Crippen molar-refractivity contribution in [1.82, 2.24) is 20.1 Å². The molecule has 0 saturated carbocycles. The van der Waals surface area contributed by atoms with Gasteiger partial charge in [0.15, 0.2) is 0 Å². The smallest absolute Gasteiger partial charge is 0.377 e. The van der Waals surface area contributed by atoms with Gasteiger partial charge in [-0.3, -0.25) is 10.1 Å². The number of aromatic nitrogens is 3. The molecular weight excluding hydrogens is 451 g/mol. The summed E-state index contributed by atoms with van der Waals surface area (Å²) in [5.74, 6) is 0.779. The molecule has 180 valence electrons. The zero-order valence-corrected chi connectivity index (χ0v) is 18.7. The van der Waals surface area contributed by atoms with Gasteiger partial charge in [-0.25, -0.2) is 4.98 Å². The maximum absolute atomic E-state index is 13.3. The van der Waals surface area contributed by atoms with Crippen molar-refractivity contribution in [2.45, 2.75) is 26.1 Å². The number of nitrogens with one attached hydrogen (secondary N) is 1. The van der Waals surface area contributed by atoms with Gasteiger partial charge < -0.3 is 15.1 Å². The summed E-state index contributed by atoms with van der Waals surface area (Å²) >= 11 is 0. The fourth-order valence-electron chi connectivity index (χ4n) is 4.00. The van der Waals surface area contributed by atoms with E-state index >= 15 is 0 Å². The Morgan fingerprint density at radius 3 is 2.53 bits per heavy atom. The number of non-ortho nitro benzene ring substituents is 1. The van der Waals surface area contributed by atoms with Crippen LogP contribution in [0.3, 0.4) is 0 Å². The molecule has 1 aliphatic rings. The maximum atomic E-state index is 13.3. The molecule has 0 spiro atoms. The number of fused-ring (bicyclic) bond motifs is 1. The molecule has 12 heteroatoms. The van der Waals surface area contributed by atoms with Gasteiger partial charge in [0.2, 0.25) is 0 Å². The summed E-state index contributed by atoms with van der Waals surface area (Å²) in [6.07, 6.45) is -1.59. The number of piperazine rings is 1. The number of anilines is 2. The summed E-state index contributed by atoms with van der Waals surface area (Å²) in [5, 5.41) is 23.1. The third-order valence-corrected chi connectivity index (χ3v) is 6.00. The molecule has 0 unspecified atom stereocenters. The Kier molecular flexibility index (Phi) is 6.51. The van der Waals surface area contributed by atoms with Crippen molar-refractivity contribution >= 4 is 28.1 Å². The van der Waals surface area contributed by atoms with Gasteiger partial charge in [-0.2, -0.15) is 18.3 Å².